The lowest BCUT2D eigenvalue weighted by atomic mass is 10.1. The van der Waals surface area contributed by atoms with Crippen LogP contribution in [0.1, 0.15) is 61.3 Å². The highest BCUT2D eigenvalue weighted by molar-refractivity contribution is 7.92. The van der Waals surface area contributed by atoms with E-state index >= 15 is 0 Å². The Balaban J connectivity index is 1.45. The zero-order valence-electron chi connectivity index (χ0n) is 21.5. The van der Waals surface area contributed by atoms with Crippen molar-refractivity contribution in [2.75, 3.05) is 19.0 Å². The highest BCUT2D eigenvalue weighted by Gasteiger charge is 2.32. The number of amides is 1. The third kappa shape index (κ3) is 5.57. The Morgan fingerprint density at radius 1 is 1.13 bits per heavy atom. The van der Waals surface area contributed by atoms with Gasteiger partial charge in [-0.1, -0.05) is 12.8 Å². The minimum absolute atomic E-state index is 0.154. The first-order valence-corrected chi connectivity index (χ1v) is 14.5. The summed E-state index contributed by atoms with van der Waals surface area (Å²) in [5.74, 6) is -0.842. The first-order valence-electron chi connectivity index (χ1n) is 13.0. The Morgan fingerprint density at radius 2 is 1.92 bits per heavy atom. The van der Waals surface area contributed by atoms with Crippen LogP contribution < -0.4 is 10.9 Å². The number of nitrogens with one attached hydrogen (secondary N) is 1. The molecule has 1 N–H and O–H groups in total. The fourth-order valence-corrected chi connectivity index (χ4v) is 7.12. The van der Waals surface area contributed by atoms with E-state index in [1.165, 1.54) is 54.5 Å². The van der Waals surface area contributed by atoms with Gasteiger partial charge in [-0.15, -0.1) is 0 Å². The smallest absolute Gasteiger partial charge is 0.339 e. The molecule has 39 heavy (non-hydrogen) atoms. The van der Waals surface area contributed by atoms with E-state index in [0.29, 0.717) is 19.4 Å². The standard InChI is InChI=1S/C27H30N4O7S/c1-37-27(34)17-8-11-24(28-15-17)30-25(32)23(13-18-5-4-12-38-18)31-16-29-22-14-20(9-10-21(22)26(31)33)39(35,36)19-6-2-3-7-19/h8-11,14-16,18-19,23H,2-7,12-13H2,1H3,(H,28,30,32). The molecule has 2 aromatic heterocycles. The Morgan fingerprint density at radius 3 is 2.59 bits per heavy atom. The number of hydrogen-bond acceptors (Lipinski definition) is 9. The summed E-state index contributed by atoms with van der Waals surface area (Å²) in [6.45, 7) is 0.582. The molecule has 206 valence electrons. The molecular weight excluding hydrogens is 524 g/mol. The molecule has 0 spiro atoms. The maximum atomic E-state index is 13.6. The van der Waals surface area contributed by atoms with Crippen LogP contribution in [0.15, 0.2) is 52.5 Å². The summed E-state index contributed by atoms with van der Waals surface area (Å²) in [7, 11) is -2.25. The molecule has 3 aromatic rings. The van der Waals surface area contributed by atoms with Gasteiger partial charge in [0.1, 0.15) is 11.9 Å². The number of anilines is 1. The number of carbonyl (C=O) groups is 2. The summed E-state index contributed by atoms with van der Waals surface area (Å²) in [6, 6.07) is 6.35. The molecule has 3 heterocycles. The Labute approximate surface area is 225 Å². The van der Waals surface area contributed by atoms with Crippen molar-refractivity contribution < 1.29 is 27.5 Å². The number of carbonyl (C=O) groups excluding carboxylic acids is 2. The van der Waals surface area contributed by atoms with Crippen molar-refractivity contribution in [3.63, 3.8) is 0 Å². The van der Waals surface area contributed by atoms with Gasteiger partial charge in [-0.2, -0.15) is 0 Å². The molecule has 2 unspecified atom stereocenters. The minimum atomic E-state index is -3.51. The lowest BCUT2D eigenvalue weighted by Gasteiger charge is -2.22. The van der Waals surface area contributed by atoms with Crippen molar-refractivity contribution in [3.05, 3.63) is 58.8 Å². The van der Waals surface area contributed by atoms with E-state index in [0.717, 1.165) is 25.7 Å². The molecule has 2 atom stereocenters. The molecule has 11 nitrogen and oxygen atoms in total. The Hall–Kier alpha value is -3.64. The normalized spacial score (nSPS) is 18.7. The van der Waals surface area contributed by atoms with Crippen LogP contribution in [0.3, 0.4) is 0 Å². The number of pyridine rings is 1. The average molecular weight is 555 g/mol. The fourth-order valence-electron chi connectivity index (χ4n) is 5.25. The third-order valence-electron chi connectivity index (χ3n) is 7.41. The Kier molecular flexibility index (Phi) is 7.76. The fraction of sp³-hybridized carbons (Fsp3) is 0.444. The summed E-state index contributed by atoms with van der Waals surface area (Å²) in [6.07, 6.45) is 7.27. The molecule has 1 saturated carbocycles. The van der Waals surface area contributed by atoms with Crippen molar-refractivity contribution in [2.24, 2.45) is 0 Å². The molecule has 1 aliphatic heterocycles. The number of esters is 1. The van der Waals surface area contributed by atoms with Crippen molar-refractivity contribution in [1.82, 2.24) is 14.5 Å². The molecule has 0 bridgehead atoms. The van der Waals surface area contributed by atoms with E-state index in [9.17, 15) is 22.8 Å². The largest absolute Gasteiger partial charge is 0.465 e. The quantitative estimate of drug-likeness (QED) is 0.415. The van der Waals surface area contributed by atoms with Gasteiger partial charge in [0.05, 0.1) is 46.2 Å². The molecular formula is C27H30N4O7S. The maximum absolute atomic E-state index is 13.6. The highest BCUT2D eigenvalue weighted by Crippen LogP contribution is 2.30. The molecule has 1 aliphatic carbocycles. The first-order chi connectivity index (χ1) is 18.8. The molecule has 0 radical (unpaired) electrons. The van der Waals surface area contributed by atoms with Crippen LogP contribution in [0.5, 0.6) is 0 Å². The maximum Gasteiger partial charge on any atom is 0.339 e. The third-order valence-corrected chi connectivity index (χ3v) is 9.67. The number of benzene rings is 1. The van der Waals surface area contributed by atoms with Crippen molar-refractivity contribution in [1.29, 1.82) is 0 Å². The second-order valence-corrected chi connectivity index (χ2v) is 12.1. The van der Waals surface area contributed by atoms with Gasteiger partial charge in [-0.25, -0.2) is 23.2 Å². The second kappa shape index (κ2) is 11.2. The van der Waals surface area contributed by atoms with Gasteiger partial charge in [-0.3, -0.25) is 14.2 Å². The number of aromatic nitrogens is 3. The van der Waals surface area contributed by atoms with Crippen LogP contribution in [0, 0.1) is 0 Å². The van der Waals surface area contributed by atoms with Crippen molar-refractivity contribution in [3.8, 4) is 0 Å². The molecule has 12 heteroatoms. The van der Waals surface area contributed by atoms with E-state index < -0.39 is 38.6 Å². The lowest BCUT2D eigenvalue weighted by Crippen LogP contribution is -2.36. The van der Waals surface area contributed by atoms with E-state index in [1.807, 2.05) is 0 Å². The predicted molar refractivity (Wildman–Crippen MR) is 142 cm³/mol. The number of rotatable bonds is 8. The van der Waals surface area contributed by atoms with E-state index in [-0.39, 0.29) is 39.7 Å². The monoisotopic (exact) mass is 554 g/mol. The van der Waals surface area contributed by atoms with Crippen LogP contribution in [0.25, 0.3) is 10.9 Å². The van der Waals surface area contributed by atoms with Crippen LogP contribution in [-0.2, 0) is 24.1 Å². The van der Waals surface area contributed by atoms with Crippen LogP contribution in [0.2, 0.25) is 0 Å². The topological polar surface area (TPSA) is 147 Å². The molecule has 2 aliphatic rings. The SMILES string of the molecule is COC(=O)c1ccc(NC(=O)C(CC2CCCO2)n2cnc3cc(S(=O)(=O)C4CCCC4)ccc3c2=O)nc1. The summed E-state index contributed by atoms with van der Waals surface area (Å²) in [5, 5.41) is 2.51. The first kappa shape index (κ1) is 26.9. The molecule has 1 aromatic carbocycles. The number of fused-ring (bicyclic) bond motifs is 1. The summed E-state index contributed by atoms with van der Waals surface area (Å²) in [5.41, 5.74) is 0.0271. The van der Waals surface area contributed by atoms with E-state index in [2.05, 4.69) is 20.0 Å². The molecule has 1 amide bonds. The Bertz CT molecular complexity index is 1540. The zero-order valence-corrected chi connectivity index (χ0v) is 22.4. The van der Waals surface area contributed by atoms with Crippen molar-refractivity contribution >= 4 is 38.4 Å². The summed E-state index contributed by atoms with van der Waals surface area (Å²) < 4.78 is 37.8. The minimum Gasteiger partial charge on any atom is -0.465 e. The van der Waals surface area contributed by atoms with Gasteiger partial charge in [0.2, 0.25) is 5.91 Å². The van der Waals surface area contributed by atoms with Crippen molar-refractivity contribution in [2.45, 2.75) is 67.2 Å². The summed E-state index contributed by atoms with van der Waals surface area (Å²) in [4.78, 5) is 47.3. The second-order valence-electron chi connectivity index (χ2n) is 9.89. The van der Waals surface area contributed by atoms with Gasteiger partial charge in [0, 0.05) is 19.2 Å². The van der Waals surface area contributed by atoms with Crippen LogP contribution >= 0.6 is 0 Å². The van der Waals surface area contributed by atoms with E-state index in [4.69, 9.17) is 4.74 Å². The van der Waals surface area contributed by atoms with Gasteiger partial charge in [-0.05, 0) is 56.0 Å². The molecule has 2 fully saturated rings. The number of hydrogen-bond donors (Lipinski definition) is 1. The lowest BCUT2D eigenvalue weighted by molar-refractivity contribution is -0.120. The number of nitrogens with zero attached hydrogens (tertiary/aromatic N) is 3. The van der Waals surface area contributed by atoms with Gasteiger partial charge < -0.3 is 14.8 Å². The number of ether oxygens (including phenoxy) is 2. The molecule has 5 rings (SSSR count). The van der Waals surface area contributed by atoms with Crippen LogP contribution in [-0.4, -0.2) is 59.9 Å². The predicted octanol–water partition coefficient (Wildman–Crippen LogP) is 3.04. The van der Waals surface area contributed by atoms with E-state index in [1.54, 1.807) is 0 Å². The highest BCUT2D eigenvalue weighted by atomic mass is 32.2. The van der Waals surface area contributed by atoms with Crippen LogP contribution in [0.4, 0.5) is 5.82 Å². The molecule has 1 saturated heterocycles. The zero-order chi connectivity index (χ0) is 27.6. The van der Waals surface area contributed by atoms with Gasteiger partial charge in [0.15, 0.2) is 9.84 Å². The van der Waals surface area contributed by atoms with Gasteiger partial charge >= 0.3 is 5.97 Å². The summed E-state index contributed by atoms with van der Waals surface area (Å²) >= 11 is 0. The average Bonchev–Trinajstić information content (AvgIpc) is 3.67. The number of sulfone groups is 1. The number of methoxy groups -OCH3 is 1. The van der Waals surface area contributed by atoms with Gasteiger partial charge in [0.25, 0.3) is 5.56 Å².